The second kappa shape index (κ2) is 8.31. The van der Waals surface area contributed by atoms with Crippen LogP contribution in [0.25, 0.3) is 0 Å². The van der Waals surface area contributed by atoms with Gasteiger partial charge in [0.1, 0.15) is 5.82 Å². The van der Waals surface area contributed by atoms with Gasteiger partial charge in [-0.1, -0.05) is 30.3 Å². The number of aryl methyl sites for hydroxylation is 1. The molecule has 0 saturated heterocycles. The van der Waals surface area contributed by atoms with Crippen molar-refractivity contribution in [3.8, 4) is 0 Å². The van der Waals surface area contributed by atoms with Gasteiger partial charge in [0.15, 0.2) is 0 Å². The van der Waals surface area contributed by atoms with Crippen molar-refractivity contribution < 1.29 is 17.6 Å². The van der Waals surface area contributed by atoms with Crippen LogP contribution in [0.5, 0.6) is 0 Å². The molecule has 2 aromatic carbocycles. The second-order valence-electron chi connectivity index (χ2n) is 6.17. The van der Waals surface area contributed by atoms with Crippen LogP contribution in [-0.2, 0) is 21.2 Å². The Morgan fingerprint density at radius 1 is 1.12 bits per heavy atom. The number of nitrogens with one attached hydrogen (secondary N) is 1. The molecule has 1 amide bonds. The molecule has 2 aromatic rings. The van der Waals surface area contributed by atoms with Crippen molar-refractivity contribution in [1.29, 1.82) is 0 Å². The first-order valence-electron chi connectivity index (χ1n) is 8.24. The van der Waals surface area contributed by atoms with Crippen molar-refractivity contribution in [1.82, 2.24) is 5.32 Å². The number of amides is 1. The number of sulfonamides is 1. The smallest absolute Gasteiger partial charge is 0.232 e. The predicted molar refractivity (Wildman–Crippen MR) is 101 cm³/mol. The summed E-state index contributed by atoms with van der Waals surface area (Å²) in [6.45, 7) is 4.01. The Morgan fingerprint density at radius 3 is 2.46 bits per heavy atom. The highest BCUT2D eigenvalue weighted by atomic mass is 32.2. The van der Waals surface area contributed by atoms with Crippen molar-refractivity contribution in [3.63, 3.8) is 0 Å². The van der Waals surface area contributed by atoms with Crippen LogP contribution in [0.4, 0.5) is 10.1 Å². The SMILES string of the molecule is Cc1cccc(N(CCNC(=O)Cc2ccccc2F)S(C)(=O)=O)c1C. The molecule has 5 nitrogen and oxygen atoms in total. The fourth-order valence-electron chi connectivity index (χ4n) is 2.64. The van der Waals surface area contributed by atoms with E-state index in [0.717, 1.165) is 17.4 Å². The summed E-state index contributed by atoms with van der Waals surface area (Å²) in [6.07, 6.45) is 1.05. The lowest BCUT2D eigenvalue weighted by Gasteiger charge is -2.25. The van der Waals surface area contributed by atoms with Gasteiger partial charge in [-0.25, -0.2) is 12.8 Å². The van der Waals surface area contributed by atoms with E-state index in [4.69, 9.17) is 0 Å². The molecule has 2 rings (SSSR count). The molecule has 26 heavy (non-hydrogen) atoms. The summed E-state index contributed by atoms with van der Waals surface area (Å²) in [6, 6.07) is 11.5. The van der Waals surface area contributed by atoms with Crippen LogP contribution in [0.1, 0.15) is 16.7 Å². The zero-order valence-electron chi connectivity index (χ0n) is 15.1. The standard InChI is InChI=1S/C19H23FN2O3S/c1-14-7-6-10-18(15(14)2)22(26(3,24)25)12-11-21-19(23)13-16-8-4-5-9-17(16)20/h4-10H,11-13H2,1-3H3,(H,21,23). The van der Waals surface area contributed by atoms with Crippen molar-refractivity contribution >= 4 is 21.6 Å². The van der Waals surface area contributed by atoms with Gasteiger partial charge < -0.3 is 5.32 Å². The lowest BCUT2D eigenvalue weighted by Crippen LogP contribution is -2.39. The Hall–Kier alpha value is -2.41. The van der Waals surface area contributed by atoms with Crippen molar-refractivity contribution in [3.05, 3.63) is 65.0 Å². The molecule has 140 valence electrons. The van der Waals surface area contributed by atoms with Crippen molar-refractivity contribution in [2.45, 2.75) is 20.3 Å². The maximum absolute atomic E-state index is 13.6. The fourth-order valence-corrected chi connectivity index (χ4v) is 3.62. The Bertz CT molecular complexity index is 897. The highest BCUT2D eigenvalue weighted by Crippen LogP contribution is 2.24. The molecule has 7 heteroatoms. The molecule has 0 atom stereocenters. The minimum absolute atomic E-state index is 0.0883. The van der Waals surface area contributed by atoms with Crippen LogP contribution in [-0.4, -0.2) is 33.7 Å². The molecule has 0 fully saturated rings. The number of nitrogens with zero attached hydrogens (tertiary/aromatic N) is 1. The van der Waals surface area contributed by atoms with Gasteiger partial charge in [0.05, 0.1) is 24.9 Å². The van der Waals surface area contributed by atoms with E-state index in [0.29, 0.717) is 11.3 Å². The van der Waals surface area contributed by atoms with E-state index in [2.05, 4.69) is 5.32 Å². The van der Waals surface area contributed by atoms with Gasteiger partial charge in [0.2, 0.25) is 15.9 Å². The maximum Gasteiger partial charge on any atom is 0.232 e. The summed E-state index contributed by atoms with van der Waals surface area (Å²) in [7, 11) is -3.50. The number of carbonyl (C=O) groups is 1. The summed E-state index contributed by atoms with van der Waals surface area (Å²) < 4.78 is 39.2. The van der Waals surface area contributed by atoms with Gasteiger partial charge in [-0.3, -0.25) is 9.10 Å². The molecule has 0 radical (unpaired) electrons. The number of halogens is 1. The van der Waals surface area contributed by atoms with E-state index in [9.17, 15) is 17.6 Å². The monoisotopic (exact) mass is 378 g/mol. The third-order valence-electron chi connectivity index (χ3n) is 4.19. The summed E-state index contributed by atoms with van der Waals surface area (Å²) >= 11 is 0. The van der Waals surface area contributed by atoms with Gasteiger partial charge in [-0.2, -0.15) is 0 Å². The normalized spacial score (nSPS) is 11.2. The van der Waals surface area contributed by atoms with E-state index >= 15 is 0 Å². The summed E-state index contributed by atoms with van der Waals surface area (Å²) in [5.74, 6) is -0.791. The van der Waals surface area contributed by atoms with E-state index in [1.807, 2.05) is 19.9 Å². The zero-order valence-corrected chi connectivity index (χ0v) is 15.9. The lowest BCUT2D eigenvalue weighted by atomic mass is 10.1. The minimum Gasteiger partial charge on any atom is -0.354 e. The van der Waals surface area contributed by atoms with E-state index in [-0.39, 0.29) is 25.4 Å². The molecule has 0 aliphatic heterocycles. The third-order valence-corrected chi connectivity index (χ3v) is 5.37. The summed E-state index contributed by atoms with van der Waals surface area (Å²) in [5.41, 5.74) is 2.76. The predicted octanol–water partition coefficient (Wildman–Crippen LogP) is 2.57. The number of anilines is 1. The molecule has 0 heterocycles. The minimum atomic E-state index is -3.50. The van der Waals surface area contributed by atoms with E-state index in [1.54, 1.807) is 30.3 Å². The molecular weight excluding hydrogens is 355 g/mol. The van der Waals surface area contributed by atoms with Gasteiger partial charge in [0.25, 0.3) is 0 Å². The van der Waals surface area contributed by atoms with Crippen LogP contribution >= 0.6 is 0 Å². The third kappa shape index (κ3) is 5.05. The van der Waals surface area contributed by atoms with Crippen LogP contribution < -0.4 is 9.62 Å². The van der Waals surface area contributed by atoms with Crippen LogP contribution in [0.2, 0.25) is 0 Å². The fraction of sp³-hybridized carbons (Fsp3) is 0.316. The van der Waals surface area contributed by atoms with Gasteiger partial charge >= 0.3 is 0 Å². The quantitative estimate of drug-likeness (QED) is 0.805. The highest BCUT2D eigenvalue weighted by Gasteiger charge is 2.19. The number of benzene rings is 2. The van der Waals surface area contributed by atoms with Crippen molar-refractivity contribution in [2.75, 3.05) is 23.7 Å². The molecular formula is C19H23FN2O3S. The molecule has 0 aromatic heterocycles. The Labute approximate surface area is 153 Å². The van der Waals surface area contributed by atoms with Crippen LogP contribution in [0, 0.1) is 19.7 Å². The van der Waals surface area contributed by atoms with E-state index < -0.39 is 15.8 Å². The van der Waals surface area contributed by atoms with E-state index in [1.165, 1.54) is 10.4 Å². The first kappa shape index (κ1) is 19.9. The summed E-state index contributed by atoms with van der Waals surface area (Å²) in [5, 5.41) is 2.65. The van der Waals surface area contributed by atoms with Crippen molar-refractivity contribution in [2.24, 2.45) is 0 Å². The number of hydrogen-bond acceptors (Lipinski definition) is 3. The Balaban J connectivity index is 2.03. The molecule has 1 N–H and O–H groups in total. The Kier molecular flexibility index (Phi) is 6.37. The first-order chi connectivity index (χ1) is 12.2. The molecule has 0 unspecified atom stereocenters. The number of carbonyl (C=O) groups excluding carboxylic acids is 1. The molecule has 0 saturated carbocycles. The average molecular weight is 378 g/mol. The van der Waals surface area contributed by atoms with Crippen LogP contribution in [0.3, 0.4) is 0 Å². The number of rotatable bonds is 7. The first-order valence-corrected chi connectivity index (χ1v) is 10.1. The average Bonchev–Trinajstić information content (AvgIpc) is 2.56. The molecule has 0 aliphatic carbocycles. The van der Waals surface area contributed by atoms with Gasteiger partial charge in [-0.15, -0.1) is 0 Å². The second-order valence-corrected chi connectivity index (χ2v) is 8.08. The lowest BCUT2D eigenvalue weighted by molar-refractivity contribution is -0.120. The molecule has 0 bridgehead atoms. The molecule has 0 aliphatic rings. The number of hydrogen-bond donors (Lipinski definition) is 1. The van der Waals surface area contributed by atoms with Crippen LogP contribution in [0.15, 0.2) is 42.5 Å². The highest BCUT2D eigenvalue weighted by molar-refractivity contribution is 7.92. The summed E-state index contributed by atoms with van der Waals surface area (Å²) in [4.78, 5) is 12.0. The zero-order chi connectivity index (χ0) is 19.3. The van der Waals surface area contributed by atoms with Gasteiger partial charge in [0, 0.05) is 6.54 Å². The Morgan fingerprint density at radius 2 is 1.81 bits per heavy atom. The van der Waals surface area contributed by atoms with Gasteiger partial charge in [-0.05, 0) is 42.7 Å². The topological polar surface area (TPSA) is 66.5 Å². The molecule has 0 spiro atoms. The maximum atomic E-state index is 13.6. The largest absolute Gasteiger partial charge is 0.354 e.